The molecular formula is C18H35N3. The second kappa shape index (κ2) is 10.8. The lowest BCUT2D eigenvalue weighted by atomic mass is 9.91. The molecule has 0 N–H and O–H groups in total. The number of nitrogens with zero attached hydrogens (tertiary/aromatic N) is 3. The highest BCUT2D eigenvalue weighted by Crippen LogP contribution is 2.26. The Morgan fingerprint density at radius 1 is 0.857 bits per heavy atom. The third kappa shape index (κ3) is 7.10. The first-order chi connectivity index (χ1) is 10.2. The monoisotopic (exact) mass is 293 g/mol. The van der Waals surface area contributed by atoms with Crippen LogP contribution in [0.1, 0.15) is 97.8 Å². The quantitative estimate of drug-likeness (QED) is 0.436. The molecule has 0 aliphatic rings. The summed E-state index contributed by atoms with van der Waals surface area (Å²) in [5.74, 6) is 0. The van der Waals surface area contributed by atoms with Gasteiger partial charge in [0.05, 0.1) is 5.54 Å². The molecule has 0 saturated carbocycles. The van der Waals surface area contributed by atoms with Gasteiger partial charge in [0.1, 0.15) is 12.7 Å². The van der Waals surface area contributed by atoms with Crippen LogP contribution in [-0.2, 0) is 5.54 Å². The molecule has 0 amide bonds. The molecule has 1 aromatic rings. The molecule has 0 saturated heterocycles. The van der Waals surface area contributed by atoms with E-state index in [2.05, 4.69) is 30.9 Å². The van der Waals surface area contributed by atoms with Gasteiger partial charge in [0, 0.05) is 0 Å². The van der Waals surface area contributed by atoms with E-state index < -0.39 is 0 Å². The summed E-state index contributed by atoms with van der Waals surface area (Å²) in [4.78, 5) is 4.09. The van der Waals surface area contributed by atoms with Crippen LogP contribution in [0.25, 0.3) is 0 Å². The van der Waals surface area contributed by atoms with Gasteiger partial charge in [-0.05, 0) is 19.8 Å². The third-order valence-corrected chi connectivity index (χ3v) is 4.80. The minimum Gasteiger partial charge on any atom is -0.247 e. The number of unbranched alkanes of at least 4 members (excludes halogenated alkanes) is 9. The van der Waals surface area contributed by atoms with Gasteiger partial charge in [-0.15, -0.1) is 0 Å². The van der Waals surface area contributed by atoms with Crippen LogP contribution in [-0.4, -0.2) is 14.8 Å². The van der Waals surface area contributed by atoms with Crippen molar-refractivity contribution in [2.75, 3.05) is 0 Å². The summed E-state index contributed by atoms with van der Waals surface area (Å²) in [6.45, 7) is 6.83. The zero-order valence-corrected chi connectivity index (χ0v) is 14.5. The molecule has 0 bridgehead atoms. The van der Waals surface area contributed by atoms with E-state index in [4.69, 9.17) is 0 Å². The summed E-state index contributed by atoms with van der Waals surface area (Å²) < 4.78 is 2.04. The molecular weight excluding hydrogens is 258 g/mol. The fraction of sp³-hybridized carbons (Fsp3) is 0.889. The Labute approximate surface area is 131 Å². The summed E-state index contributed by atoms with van der Waals surface area (Å²) in [6, 6.07) is 0. The van der Waals surface area contributed by atoms with E-state index in [-0.39, 0.29) is 5.54 Å². The molecule has 0 aromatic carbocycles. The summed E-state index contributed by atoms with van der Waals surface area (Å²) >= 11 is 0. The van der Waals surface area contributed by atoms with Crippen LogP contribution >= 0.6 is 0 Å². The van der Waals surface area contributed by atoms with E-state index in [0.29, 0.717) is 0 Å². The minimum atomic E-state index is 0.149. The predicted octanol–water partition coefficient (Wildman–Crippen LogP) is 5.71. The Morgan fingerprint density at radius 2 is 1.43 bits per heavy atom. The van der Waals surface area contributed by atoms with E-state index in [1.807, 2.05) is 11.0 Å². The second-order valence-corrected chi connectivity index (χ2v) is 6.62. The Balaban J connectivity index is 2.03. The van der Waals surface area contributed by atoms with Crippen LogP contribution in [0.3, 0.4) is 0 Å². The molecule has 1 atom stereocenters. The number of aromatic nitrogens is 3. The normalized spacial score (nSPS) is 14.2. The zero-order valence-electron chi connectivity index (χ0n) is 14.5. The maximum atomic E-state index is 4.33. The summed E-state index contributed by atoms with van der Waals surface area (Å²) in [7, 11) is 0. The molecule has 1 heterocycles. The molecule has 0 aliphatic carbocycles. The van der Waals surface area contributed by atoms with Crippen molar-refractivity contribution in [1.29, 1.82) is 0 Å². The Hall–Kier alpha value is -0.860. The standard InChI is InChI=1S/C18H35N3/c1-4-6-7-8-9-10-11-12-13-14-15-18(3,5-2)21-17-19-16-20-21/h16-17H,4-15H2,1-3H3. The van der Waals surface area contributed by atoms with Crippen LogP contribution in [0.15, 0.2) is 12.7 Å². The van der Waals surface area contributed by atoms with Crippen molar-refractivity contribution in [2.24, 2.45) is 0 Å². The molecule has 21 heavy (non-hydrogen) atoms. The van der Waals surface area contributed by atoms with Crippen LogP contribution in [0.4, 0.5) is 0 Å². The Kier molecular flexibility index (Phi) is 9.36. The predicted molar refractivity (Wildman–Crippen MR) is 90.4 cm³/mol. The number of hydrogen-bond donors (Lipinski definition) is 0. The van der Waals surface area contributed by atoms with Crippen molar-refractivity contribution in [1.82, 2.24) is 14.8 Å². The van der Waals surface area contributed by atoms with Crippen molar-refractivity contribution in [3.8, 4) is 0 Å². The van der Waals surface area contributed by atoms with Gasteiger partial charge in [0.15, 0.2) is 0 Å². The van der Waals surface area contributed by atoms with Crippen molar-refractivity contribution in [3.05, 3.63) is 12.7 Å². The average Bonchev–Trinajstić information content (AvgIpc) is 3.04. The van der Waals surface area contributed by atoms with Crippen LogP contribution in [0.5, 0.6) is 0 Å². The van der Waals surface area contributed by atoms with Gasteiger partial charge >= 0.3 is 0 Å². The third-order valence-electron chi connectivity index (χ3n) is 4.80. The fourth-order valence-electron chi connectivity index (χ4n) is 2.93. The summed E-state index contributed by atoms with van der Waals surface area (Å²) in [5, 5.41) is 4.33. The molecule has 3 heteroatoms. The number of hydrogen-bond acceptors (Lipinski definition) is 2. The maximum Gasteiger partial charge on any atom is 0.137 e. The van der Waals surface area contributed by atoms with Gasteiger partial charge in [-0.3, -0.25) is 0 Å². The molecule has 0 spiro atoms. The lowest BCUT2D eigenvalue weighted by Gasteiger charge is -2.28. The van der Waals surface area contributed by atoms with E-state index in [1.54, 1.807) is 6.33 Å². The molecule has 1 rings (SSSR count). The lowest BCUT2D eigenvalue weighted by molar-refractivity contribution is 0.244. The van der Waals surface area contributed by atoms with Crippen molar-refractivity contribution in [3.63, 3.8) is 0 Å². The van der Waals surface area contributed by atoms with Gasteiger partial charge in [-0.25, -0.2) is 9.67 Å². The lowest BCUT2D eigenvalue weighted by Crippen LogP contribution is -2.29. The Bertz CT molecular complexity index is 334. The molecule has 1 unspecified atom stereocenters. The van der Waals surface area contributed by atoms with Gasteiger partial charge in [0.2, 0.25) is 0 Å². The van der Waals surface area contributed by atoms with Gasteiger partial charge in [-0.2, -0.15) is 5.10 Å². The fourth-order valence-corrected chi connectivity index (χ4v) is 2.93. The second-order valence-electron chi connectivity index (χ2n) is 6.62. The van der Waals surface area contributed by atoms with Crippen molar-refractivity contribution >= 4 is 0 Å². The van der Waals surface area contributed by atoms with Gasteiger partial charge in [0.25, 0.3) is 0 Å². The van der Waals surface area contributed by atoms with Crippen molar-refractivity contribution in [2.45, 2.75) is 103 Å². The van der Waals surface area contributed by atoms with E-state index in [0.717, 1.165) is 6.42 Å². The Morgan fingerprint density at radius 3 is 1.90 bits per heavy atom. The number of rotatable bonds is 13. The van der Waals surface area contributed by atoms with Crippen molar-refractivity contribution < 1.29 is 0 Å². The summed E-state index contributed by atoms with van der Waals surface area (Å²) in [5.41, 5.74) is 0.149. The molecule has 0 radical (unpaired) electrons. The molecule has 122 valence electrons. The van der Waals surface area contributed by atoms with E-state index in [9.17, 15) is 0 Å². The highest BCUT2D eigenvalue weighted by molar-refractivity contribution is 4.80. The van der Waals surface area contributed by atoms with Crippen LogP contribution < -0.4 is 0 Å². The maximum absolute atomic E-state index is 4.33. The molecule has 3 nitrogen and oxygen atoms in total. The summed E-state index contributed by atoms with van der Waals surface area (Å²) in [6.07, 6.45) is 19.8. The highest BCUT2D eigenvalue weighted by Gasteiger charge is 2.24. The van der Waals surface area contributed by atoms with Crippen LogP contribution in [0.2, 0.25) is 0 Å². The van der Waals surface area contributed by atoms with Gasteiger partial charge < -0.3 is 0 Å². The molecule has 1 aromatic heterocycles. The first kappa shape index (κ1) is 18.2. The minimum absolute atomic E-state index is 0.149. The van der Waals surface area contributed by atoms with E-state index in [1.165, 1.54) is 70.6 Å². The molecule has 0 fully saturated rings. The topological polar surface area (TPSA) is 30.7 Å². The van der Waals surface area contributed by atoms with E-state index >= 15 is 0 Å². The SMILES string of the molecule is CCCCCCCCCCCCC(C)(CC)n1cncn1. The van der Waals surface area contributed by atoms with Gasteiger partial charge in [-0.1, -0.05) is 78.1 Å². The zero-order chi connectivity index (χ0) is 15.4. The molecule has 0 aliphatic heterocycles. The first-order valence-corrected chi connectivity index (χ1v) is 9.08. The largest absolute Gasteiger partial charge is 0.247 e. The smallest absolute Gasteiger partial charge is 0.137 e. The average molecular weight is 293 g/mol. The first-order valence-electron chi connectivity index (χ1n) is 9.08. The highest BCUT2D eigenvalue weighted by atomic mass is 15.3. The van der Waals surface area contributed by atoms with Crippen LogP contribution in [0, 0.1) is 0 Å².